The van der Waals surface area contributed by atoms with Gasteiger partial charge in [0.25, 0.3) is 5.91 Å². The van der Waals surface area contributed by atoms with Crippen LogP contribution in [-0.4, -0.2) is 34.6 Å². The maximum absolute atomic E-state index is 12.6. The average molecular weight is 428 g/mol. The molecule has 0 radical (unpaired) electrons. The van der Waals surface area contributed by atoms with Gasteiger partial charge in [-0.15, -0.1) is 0 Å². The standard InChI is InChI=1S/C14H16Cl2INO2/c1-14(20)3-2-5-18(6-4-14)13(19)10-7-9(15)8-11(16)12(10)17/h7-8,20H,2-6H2,1H3. The molecular formula is C14H16Cl2INO2. The Labute approximate surface area is 142 Å². The molecule has 3 nitrogen and oxygen atoms in total. The highest BCUT2D eigenvalue weighted by molar-refractivity contribution is 14.1. The largest absolute Gasteiger partial charge is 0.390 e. The van der Waals surface area contributed by atoms with Gasteiger partial charge in [-0.1, -0.05) is 23.2 Å². The van der Waals surface area contributed by atoms with Gasteiger partial charge >= 0.3 is 0 Å². The van der Waals surface area contributed by atoms with Gasteiger partial charge in [-0.2, -0.15) is 0 Å². The molecule has 0 bridgehead atoms. The molecule has 0 spiro atoms. The van der Waals surface area contributed by atoms with Crippen LogP contribution in [0.25, 0.3) is 0 Å². The minimum Gasteiger partial charge on any atom is -0.390 e. The Kier molecular flexibility index (Phi) is 5.21. The monoisotopic (exact) mass is 427 g/mol. The van der Waals surface area contributed by atoms with Crippen LogP contribution >= 0.6 is 45.8 Å². The molecule has 1 aromatic carbocycles. The molecule has 6 heteroatoms. The fourth-order valence-corrected chi connectivity index (χ4v) is 3.38. The van der Waals surface area contributed by atoms with E-state index in [9.17, 15) is 9.90 Å². The summed E-state index contributed by atoms with van der Waals surface area (Å²) in [7, 11) is 0. The molecule has 1 atom stereocenters. The maximum atomic E-state index is 12.6. The van der Waals surface area contributed by atoms with Crippen molar-refractivity contribution >= 4 is 51.7 Å². The molecule has 1 unspecified atom stereocenters. The topological polar surface area (TPSA) is 40.5 Å². The zero-order valence-electron chi connectivity index (χ0n) is 11.1. The van der Waals surface area contributed by atoms with Gasteiger partial charge < -0.3 is 10.0 Å². The number of carbonyl (C=O) groups excluding carboxylic acids is 1. The summed E-state index contributed by atoms with van der Waals surface area (Å²) in [4.78, 5) is 14.4. The molecule has 1 fully saturated rings. The lowest BCUT2D eigenvalue weighted by Gasteiger charge is -2.23. The van der Waals surface area contributed by atoms with E-state index >= 15 is 0 Å². The van der Waals surface area contributed by atoms with Gasteiger partial charge in [0, 0.05) is 21.7 Å². The number of nitrogens with zero attached hydrogens (tertiary/aromatic N) is 1. The van der Waals surface area contributed by atoms with Crippen LogP contribution in [0.2, 0.25) is 10.0 Å². The zero-order valence-corrected chi connectivity index (χ0v) is 14.8. The summed E-state index contributed by atoms with van der Waals surface area (Å²) in [6, 6.07) is 3.29. The molecule has 1 N–H and O–H groups in total. The van der Waals surface area contributed by atoms with Gasteiger partial charge in [0.1, 0.15) is 0 Å². The predicted octanol–water partition coefficient (Wildman–Crippen LogP) is 3.98. The van der Waals surface area contributed by atoms with Crippen LogP contribution in [0, 0.1) is 3.57 Å². The predicted molar refractivity (Wildman–Crippen MR) is 89.6 cm³/mol. The molecule has 1 saturated heterocycles. The molecule has 20 heavy (non-hydrogen) atoms. The van der Waals surface area contributed by atoms with E-state index in [-0.39, 0.29) is 5.91 Å². The van der Waals surface area contributed by atoms with E-state index in [1.165, 1.54) is 0 Å². The fraction of sp³-hybridized carbons (Fsp3) is 0.500. The van der Waals surface area contributed by atoms with Gasteiger partial charge in [0.15, 0.2) is 0 Å². The number of hydrogen-bond donors (Lipinski definition) is 1. The quantitative estimate of drug-likeness (QED) is 0.544. The third-order valence-corrected chi connectivity index (χ3v) is 5.57. The van der Waals surface area contributed by atoms with E-state index in [1.807, 2.05) is 6.92 Å². The van der Waals surface area contributed by atoms with E-state index in [1.54, 1.807) is 17.0 Å². The van der Waals surface area contributed by atoms with E-state index in [2.05, 4.69) is 22.6 Å². The van der Waals surface area contributed by atoms with Crippen LogP contribution in [0.1, 0.15) is 36.5 Å². The SMILES string of the molecule is CC1(O)CCCN(C(=O)c2cc(Cl)cc(Cl)c2I)CC1. The number of amides is 1. The Morgan fingerprint density at radius 1 is 1.35 bits per heavy atom. The highest BCUT2D eigenvalue weighted by Crippen LogP contribution is 2.29. The van der Waals surface area contributed by atoms with Crippen molar-refractivity contribution < 1.29 is 9.90 Å². The van der Waals surface area contributed by atoms with Gasteiger partial charge in [0.05, 0.1) is 16.2 Å². The molecule has 1 amide bonds. The first-order chi connectivity index (χ1) is 9.30. The second kappa shape index (κ2) is 6.38. The summed E-state index contributed by atoms with van der Waals surface area (Å²) >= 11 is 14.1. The van der Waals surface area contributed by atoms with Crippen molar-refractivity contribution in [3.8, 4) is 0 Å². The number of rotatable bonds is 1. The molecule has 1 aliphatic rings. The molecule has 1 heterocycles. The number of hydrogen-bond acceptors (Lipinski definition) is 2. The minimum absolute atomic E-state index is 0.0727. The van der Waals surface area contributed by atoms with Crippen LogP contribution in [-0.2, 0) is 0 Å². The van der Waals surface area contributed by atoms with Gasteiger partial charge in [-0.25, -0.2) is 0 Å². The lowest BCUT2D eigenvalue weighted by Crippen LogP contribution is -2.34. The van der Waals surface area contributed by atoms with Gasteiger partial charge in [-0.05, 0) is 60.9 Å². The second-order valence-corrected chi connectivity index (χ2v) is 7.31. The summed E-state index contributed by atoms with van der Waals surface area (Å²) in [5, 5.41) is 11.0. The van der Waals surface area contributed by atoms with E-state index in [4.69, 9.17) is 23.2 Å². The molecule has 1 aromatic rings. The Balaban J connectivity index is 2.23. The molecule has 0 saturated carbocycles. The fourth-order valence-electron chi connectivity index (χ4n) is 2.35. The molecule has 0 aliphatic carbocycles. The molecule has 2 rings (SSSR count). The van der Waals surface area contributed by atoms with Crippen molar-refractivity contribution in [3.63, 3.8) is 0 Å². The third-order valence-electron chi connectivity index (χ3n) is 3.57. The van der Waals surface area contributed by atoms with Crippen LogP contribution < -0.4 is 0 Å². The smallest absolute Gasteiger partial charge is 0.255 e. The first-order valence-corrected chi connectivity index (χ1v) is 8.30. The third kappa shape index (κ3) is 3.78. The van der Waals surface area contributed by atoms with Crippen molar-refractivity contribution in [1.29, 1.82) is 0 Å². The summed E-state index contributed by atoms with van der Waals surface area (Å²) in [6.07, 6.45) is 2.09. The molecule has 110 valence electrons. The lowest BCUT2D eigenvalue weighted by atomic mass is 9.98. The Morgan fingerprint density at radius 3 is 2.75 bits per heavy atom. The van der Waals surface area contributed by atoms with Crippen LogP contribution in [0.15, 0.2) is 12.1 Å². The average Bonchev–Trinajstić information content (AvgIpc) is 2.54. The van der Waals surface area contributed by atoms with Crippen molar-refractivity contribution in [2.24, 2.45) is 0 Å². The number of carbonyl (C=O) groups is 1. The summed E-state index contributed by atoms with van der Waals surface area (Å²) in [6.45, 7) is 3.02. The molecule has 1 aliphatic heterocycles. The Hall–Kier alpha value is -0.0400. The highest BCUT2D eigenvalue weighted by atomic mass is 127. The van der Waals surface area contributed by atoms with E-state index in [0.29, 0.717) is 41.5 Å². The Morgan fingerprint density at radius 2 is 2.05 bits per heavy atom. The van der Waals surface area contributed by atoms with Gasteiger partial charge in [0.2, 0.25) is 0 Å². The summed E-state index contributed by atoms with van der Waals surface area (Å²) in [5.74, 6) is -0.0727. The van der Waals surface area contributed by atoms with E-state index in [0.717, 1.165) is 9.99 Å². The van der Waals surface area contributed by atoms with Crippen LogP contribution in [0.4, 0.5) is 0 Å². The molecule has 0 aromatic heterocycles. The van der Waals surface area contributed by atoms with Crippen molar-refractivity contribution in [1.82, 2.24) is 4.90 Å². The number of likely N-dealkylation sites (tertiary alicyclic amines) is 1. The normalized spacial score (nSPS) is 23.6. The lowest BCUT2D eigenvalue weighted by molar-refractivity contribution is 0.0438. The number of benzene rings is 1. The minimum atomic E-state index is -0.686. The second-order valence-electron chi connectivity index (χ2n) is 5.39. The number of halogens is 3. The highest BCUT2D eigenvalue weighted by Gasteiger charge is 2.28. The summed E-state index contributed by atoms with van der Waals surface area (Å²) < 4.78 is 0.717. The zero-order chi connectivity index (χ0) is 14.9. The van der Waals surface area contributed by atoms with Crippen molar-refractivity contribution in [2.45, 2.75) is 31.8 Å². The van der Waals surface area contributed by atoms with Crippen molar-refractivity contribution in [3.05, 3.63) is 31.3 Å². The number of aliphatic hydroxyl groups is 1. The maximum Gasteiger partial charge on any atom is 0.255 e. The van der Waals surface area contributed by atoms with Crippen molar-refractivity contribution in [2.75, 3.05) is 13.1 Å². The first kappa shape index (κ1) is 16.3. The van der Waals surface area contributed by atoms with E-state index < -0.39 is 5.60 Å². The first-order valence-electron chi connectivity index (χ1n) is 6.46. The van der Waals surface area contributed by atoms with Crippen LogP contribution in [0.5, 0.6) is 0 Å². The van der Waals surface area contributed by atoms with Crippen LogP contribution in [0.3, 0.4) is 0 Å². The van der Waals surface area contributed by atoms with Gasteiger partial charge in [-0.3, -0.25) is 4.79 Å². The Bertz CT molecular complexity index is 534. The molecular weight excluding hydrogens is 412 g/mol. The summed E-state index contributed by atoms with van der Waals surface area (Å²) in [5.41, 5.74) is -0.154.